The van der Waals surface area contributed by atoms with Crippen molar-refractivity contribution < 1.29 is 31.5 Å². The fourth-order valence-electron chi connectivity index (χ4n) is 5.36. The normalized spacial score (nSPS) is 19.7. The highest BCUT2D eigenvalue weighted by Gasteiger charge is 2.41. The number of sulfone groups is 1. The maximum Gasteiger partial charge on any atom is 0.391 e. The van der Waals surface area contributed by atoms with Gasteiger partial charge in [0, 0.05) is 22.2 Å². The van der Waals surface area contributed by atoms with Crippen molar-refractivity contribution in [1.29, 1.82) is 0 Å². The summed E-state index contributed by atoms with van der Waals surface area (Å²) in [6.45, 7) is 1.29. The van der Waals surface area contributed by atoms with Crippen LogP contribution in [0, 0.1) is 11.8 Å². The van der Waals surface area contributed by atoms with Crippen molar-refractivity contribution in [3.05, 3.63) is 65.4 Å². The second-order valence-corrected chi connectivity index (χ2v) is 12.1. The highest BCUT2D eigenvalue weighted by atomic mass is 32.2. The van der Waals surface area contributed by atoms with E-state index < -0.39 is 33.9 Å². The van der Waals surface area contributed by atoms with Crippen LogP contribution in [0.2, 0.25) is 0 Å². The van der Waals surface area contributed by atoms with Gasteiger partial charge in [0.15, 0.2) is 9.84 Å². The van der Waals surface area contributed by atoms with E-state index in [0.717, 1.165) is 16.6 Å². The van der Waals surface area contributed by atoms with Crippen LogP contribution in [0.1, 0.15) is 60.3 Å². The Morgan fingerprint density at radius 3 is 2.27 bits per heavy atom. The van der Waals surface area contributed by atoms with Crippen LogP contribution in [0.4, 0.5) is 13.2 Å². The third kappa shape index (κ3) is 5.70. The van der Waals surface area contributed by atoms with Gasteiger partial charge in [-0.2, -0.15) is 13.2 Å². The number of carbonyl (C=O) groups excluding carboxylic acids is 1. The molecule has 37 heavy (non-hydrogen) atoms. The minimum Gasteiger partial charge on any atom is -0.394 e. The number of alkyl halides is 3. The Hall–Kier alpha value is -2.85. The maximum absolute atomic E-state index is 13.2. The number of hydrogen-bond donors (Lipinski definition) is 2. The number of primary amides is 1. The molecule has 3 N–H and O–H groups in total. The summed E-state index contributed by atoms with van der Waals surface area (Å²) in [5.74, 6) is -1.82. The standard InChI is InChI=1S/C27H31F3N2O4S/c1-2-37(35,36)23-10-5-18(6-11-23)25(16-33)32-22(13-17-3-8-21(9-4-17)27(28,29)30)15-20-14-19(26(31)34)7-12-24(20)32/h5-7,10-12,14-15,17,21,25,33H,2-4,8-9,13,16H2,1H3,(H2,31,34)/t17?,21?,25-/m0/s1. The number of carbonyl (C=O) groups is 1. The number of nitrogens with zero attached hydrogens (tertiary/aromatic N) is 1. The summed E-state index contributed by atoms with van der Waals surface area (Å²) in [4.78, 5) is 11.9. The van der Waals surface area contributed by atoms with E-state index in [4.69, 9.17) is 5.73 Å². The summed E-state index contributed by atoms with van der Waals surface area (Å²) in [6.07, 6.45) is -2.57. The van der Waals surface area contributed by atoms with Gasteiger partial charge < -0.3 is 15.4 Å². The first-order chi connectivity index (χ1) is 17.4. The van der Waals surface area contributed by atoms with Crippen molar-refractivity contribution in [3.8, 4) is 0 Å². The van der Waals surface area contributed by atoms with E-state index in [9.17, 15) is 31.5 Å². The van der Waals surface area contributed by atoms with E-state index in [-0.39, 0.29) is 36.0 Å². The highest BCUT2D eigenvalue weighted by Crippen LogP contribution is 2.41. The van der Waals surface area contributed by atoms with Crippen LogP contribution in [-0.4, -0.2) is 42.5 Å². The molecule has 3 aromatic rings. The molecule has 1 heterocycles. The molecule has 0 aliphatic heterocycles. The minimum atomic E-state index is -4.18. The molecule has 1 amide bonds. The van der Waals surface area contributed by atoms with Gasteiger partial charge in [-0.15, -0.1) is 0 Å². The van der Waals surface area contributed by atoms with Gasteiger partial charge in [0.1, 0.15) is 0 Å². The lowest BCUT2D eigenvalue weighted by molar-refractivity contribution is -0.183. The predicted molar refractivity (Wildman–Crippen MR) is 135 cm³/mol. The summed E-state index contributed by atoms with van der Waals surface area (Å²) in [5.41, 5.74) is 8.05. The van der Waals surface area contributed by atoms with Crippen LogP contribution in [0.25, 0.3) is 10.9 Å². The van der Waals surface area contributed by atoms with Crippen molar-refractivity contribution in [2.75, 3.05) is 12.4 Å². The second kappa shape index (κ2) is 10.5. The Labute approximate surface area is 214 Å². The van der Waals surface area contributed by atoms with Crippen molar-refractivity contribution in [2.24, 2.45) is 17.6 Å². The number of amides is 1. The van der Waals surface area contributed by atoms with Crippen LogP contribution >= 0.6 is 0 Å². The average Bonchev–Trinajstić information content (AvgIpc) is 3.21. The van der Waals surface area contributed by atoms with E-state index >= 15 is 0 Å². The zero-order valence-electron chi connectivity index (χ0n) is 20.5. The van der Waals surface area contributed by atoms with E-state index in [2.05, 4.69) is 0 Å². The van der Waals surface area contributed by atoms with Gasteiger partial charge in [-0.25, -0.2) is 8.42 Å². The number of rotatable bonds is 8. The van der Waals surface area contributed by atoms with E-state index in [1.807, 2.05) is 10.6 Å². The summed E-state index contributed by atoms with van der Waals surface area (Å²) < 4.78 is 65.9. The Kier molecular flexibility index (Phi) is 7.71. The zero-order valence-corrected chi connectivity index (χ0v) is 21.4. The molecule has 0 bridgehead atoms. The van der Waals surface area contributed by atoms with E-state index in [1.165, 1.54) is 12.1 Å². The number of nitrogens with two attached hydrogens (primary N) is 1. The first-order valence-electron chi connectivity index (χ1n) is 12.4. The van der Waals surface area contributed by atoms with Crippen LogP contribution in [-0.2, 0) is 16.3 Å². The number of benzene rings is 2. The quantitative estimate of drug-likeness (QED) is 0.422. The molecule has 1 atom stereocenters. The van der Waals surface area contributed by atoms with Crippen LogP contribution in [0.5, 0.6) is 0 Å². The molecule has 1 aliphatic rings. The summed E-state index contributed by atoms with van der Waals surface area (Å²) in [5, 5.41) is 11.2. The fraction of sp³-hybridized carbons (Fsp3) is 0.444. The number of aliphatic hydroxyl groups excluding tert-OH is 1. The summed E-state index contributed by atoms with van der Waals surface area (Å²) >= 11 is 0. The average molecular weight is 537 g/mol. The molecule has 1 fully saturated rings. The largest absolute Gasteiger partial charge is 0.394 e. The molecule has 2 aromatic carbocycles. The van der Waals surface area contributed by atoms with Crippen molar-refractivity contribution in [1.82, 2.24) is 4.57 Å². The van der Waals surface area contributed by atoms with Crippen molar-refractivity contribution >= 4 is 26.6 Å². The molecule has 200 valence electrons. The predicted octanol–water partition coefficient (Wildman–Crippen LogP) is 5.03. The Morgan fingerprint density at radius 1 is 1.08 bits per heavy atom. The van der Waals surface area contributed by atoms with Crippen molar-refractivity contribution in [2.45, 2.75) is 56.1 Å². The molecule has 10 heteroatoms. The highest BCUT2D eigenvalue weighted by molar-refractivity contribution is 7.91. The van der Waals surface area contributed by atoms with Gasteiger partial charge in [0.25, 0.3) is 0 Å². The zero-order chi connectivity index (χ0) is 27.0. The lowest BCUT2D eigenvalue weighted by atomic mass is 9.79. The Bertz CT molecular complexity index is 1370. The molecule has 0 unspecified atom stereocenters. The topological polar surface area (TPSA) is 102 Å². The van der Waals surface area contributed by atoms with Crippen LogP contribution < -0.4 is 5.73 Å². The molecule has 0 radical (unpaired) electrons. The van der Waals surface area contributed by atoms with Gasteiger partial charge in [-0.05, 0) is 80.0 Å². The minimum absolute atomic E-state index is 0.0268. The Balaban J connectivity index is 1.72. The number of aromatic nitrogens is 1. The smallest absolute Gasteiger partial charge is 0.391 e. The van der Waals surface area contributed by atoms with Crippen molar-refractivity contribution in [3.63, 3.8) is 0 Å². The van der Waals surface area contributed by atoms with Gasteiger partial charge >= 0.3 is 6.18 Å². The number of aliphatic hydroxyl groups is 1. The van der Waals surface area contributed by atoms with E-state index in [1.54, 1.807) is 37.3 Å². The third-order valence-electron chi connectivity index (χ3n) is 7.50. The molecule has 0 saturated heterocycles. The Morgan fingerprint density at radius 2 is 1.73 bits per heavy atom. The second-order valence-electron chi connectivity index (χ2n) is 9.78. The molecule has 1 aromatic heterocycles. The third-order valence-corrected chi connectivity index (χ3v) is 9.25. The molecular weight excluding hydrogens is 505 g/mol. The first kappa shape index (κ1) is 27.2. The fourth-order valence-corrected chi connectivity index (χ4v) is 6.25. The first-order valence-corrected chi connectivity index (χ1v) is 14.0. The molecular formula is C27H31F3N2O4S. The SMILES string of the molecule is CCS(=O)(=O)c1ccc([C@H](CO)n2c(CC3CCC(C(F)(F)F)CC3)cc3cc(C(N)=O)ccc32)cc1. The number of hydrogen-bond acceptors (Lipinski definition) is 4. The van der Waals surface area contributed by atoms with Gasteiger partial charge in [-0.1, -0.05) is 19.1 Å². The van der Waals surface area contributed by atoms with Gasteiger partial charge in [0.05, 0.1) is 29.2 Å². The molecule has 0 spiro atoms. The lowest BCUT2D eigenvalue weighted by Crippen LogP contribution is -2.28. The monoisotopic (exact) mass is 536 g/mol. The summed E-state index contributed by atoms with van der Waals surface area (Å²) in [7, 11) is -3.38. The number of halogens is 3. The molecule has 1 saturated carbocycles. The van der Waals surface area contributed by atoms with E-state index in [0.29, 0.717) is 30.4 Å². The number of fused-ring (bicyclic) bond motifs is 1. The molecule has 4 rings (SSSR count). The molecule has 6 nitrogen and oxygen atoms in total. The van der Waals surface area contributed by atoms with Crippen LogP contribution in [0.15, 0.2) is 53.4 Å². The van der Waals surface area contributed by atoms with Gasteiger partial charge in [0.2, 0.25) is 5.91 Å². The van der Waals surface area contributed by atoms with Gasteiger partial charge in [-0.3, -0.25) is 4.79 Å². The molecule has 1 aliphatic carbocycles. The maximum atomic E-state index is 13.2. The lowest BCUT2D eigenvalue weighted by Gasteiger charge is -2.30. The summed E-state index contributed by atoms with van der Waals surface area (Å²) in [6, 6.07) is 12.7. The van der Waals surface area contributed by atoms with Crippen LogP contribution in [0.3, 0.4) is 0 Å².